The quantitative estimate of drug-likeness (QED) is 0.0859. The molecule has 2 saturated carbocycles. The van der Waals surface area contributed by atoms with Crippen LogP contribution in [0.25, 0.3) is 21.5 Å². The summed E-state index contributed by atoms with van der Waals surface area (Å²) in [7, 11) is 0. The van der Waals surface area contributed by atoms with Crippen LogP contribution in [0.5, 0.6) is 23.0 Å². The van der Waals surface area contributed by atoms with Crippen molar-refractivity contribution in [3.05, 3.63) is 144 Å². The Morgan fingerprint density at radius 2 is 1.05 bits per heavy atom. The Labute approximate surface area is 341 Å². The van der Waals surface area contributed by atoms with E-state index >= 15 is 0 Å². The zero-order valence-electron chi connectivity index (χ0n) is 33.3. The van der Waals surface area contributed by atoms with Gasteiger partial charge in [-0.2, -0.15) is 26.3 Å². The first-order valence-electron chi connectivity index (χ1n) is 20.5. The zero-order valence-corrected chi connectivity index (χ0v) is 33.3. The van der Waals surface area contributed by atoms with Crippen molar-refractivity contribution >= 4 is 21.5 Å². The minimum absolute atomic E-state index is 0.0101. The lowest BCUT2D eigenvalue weighted by Crippen LogP contribution is -2.58. The highest BCUT2D eigenvalue weighted by atomic mass is 19.4. The number of hydrogen-bond donors (Lipinski definition) is 0. The van der Waals surface area contributed by atoms with Gasteiger partial charge < -0.3 is 14.2 Å². The summed E-state index contributed by atoms with van der Waals surface area (Å²) in [6, 6.07) is 40.8. The molecule has 6 unspecified atom stereocenters. The minimum Gasteiger partial charge on any atom is -0.490 e. The summed E-state index contributed by atoms with van der Waals surface area (Å²) in [6.07, 6.45) is -4.65. The molecule has 59 heavy (non-hydrogen) atoms. The smallest absolute Gasteiger partial charge is 0.437 e. The maximum absolute atomic E-state index is 13.5. The molecule has 2 aliphatic rings. The van der Waals surface area contributed by atoms with Gasteiger partial charge in [0, 0.05) is 0 Å². The largest absolute Gasteiger partial charge is 0.490 e. The second-order valence-corrected chi connectivity index (χ2v) is 16.9. The van der Waals surface area contributed by atoms with E-state index in [9.17, 15) is 26.3 Å². The Balaban J connectivity index is 0.976. The minimum atomic E-state index is -5.65. The van der Waals surface area contributed by atoms with Crippen LogP contribution in [0.2, 0.25) is 0 Å². The van der Waals surface area contributed by atoms with Gasteiger partial charge in [0.1, 0.15) is 29.1 Å². The predicted molar refractivity (Wildman–Crippen MR) is 221 cm³/mol. The monoisotopic (exact) mass is 810 g/mol. The van der Waals surface area contributed by atoms with E-state index in [0.29, 0.717) is 12.3 Å². The molecule has 0 aliphatic heterocycles. The molecule has 2 fully saturated rings. The molecule has 6 aromatic rings. The molecule has 3 nitrogen and oxygen atoms in total. The van der Waals surface area contributed by atoms with Crippen LogP contribution in [-0.2, 0) is 0 Å². The van der Waals surface area contributed by atoms with Crippen LogP contribution >= 0.6 is 0 Å². The fourth-order valence-corrected chi connectivity index (χ4v) is 9.18. The van der Waals surface area contributed by atoms with Crippen LogP contribution in [-0.4, -0.2) is 24.1 Å². The molecule has 308 valence electrons. The molecule has 0 radical (unpaired) electrons. The van der Waals surface area contributed by atoms with E-state index in [1.165, 1.54) is 42.2 Å². The van der Waals surface area contributed by atoms with E-state index in [4.69, 9.17) is 9.47 Å². The maximum Gasteiger partial charge on any atom is 0.437 e. The summed E-state index contributed by atoms with van der Waals surface area (Å²) in [4.78, 5) is 0. The van der Waals surface area contributed by atoms with Crippen molar-refractivity contribution in [3.63, 3.8) is 0 Å². The topological polar surface area (TPSA) is 27.7 Å². The van der Waals surface area contributed by atoms with Crippen LogP contribution in [0.4, 0.5) is 26.3 Å². The Bertz CT molecular complexity index is 2360. The first kappa shape index (κ1) is 40.6. The Kier molecular flexibility index (Phi) is 11.1. The van der Waals surface area contributed by atoms with Crippen molar-refractivity contribution in [2.24, 2.45) is 11.8 Å². The number of benzene rings is 6. The van der Waals surface area contributed by atoms with Crippen LogP contribution in [0.1, 0.15) is 93.7 Å². The zero-order chi connectivity index (χ0) is 41.5. The van der Waals surface area contributed by atoms with Crippen LogP contribution < -0.4 is 14.2 Å². The van der Waals surface area contributed by atoms with E-state index in [1.54, 1.807) is 12.1 Å². The molecule has 2 aliphatic carbocycles. The number of hydrogen-bond acceptors (Lipinski definition) is 3. The molecule has 0 aromatic heterocycles. The van der Waals surface area contributed by atoms with Gasteiger partial charge in [-0.05, 0) is 174 Å². The lowest BCUT2D eigenvalue weighted by molar-refractivity contribution is -0.350. The van der Waals surface area contributed by atoms with E-state index in [1.807, 2.05) is 37.3 Å². The average molecular weight is 811 g/mol. The van der Waals surface area contributed by atoms with E-state index < -0.39 is 23.7 Å². The summed E-state index contributed by atoms with van der Waals surface area (Å²) < 4.78 is 98.5. The molecule has 2 bridgehead atoms. The van der Waals surface area contributed by atoms with Gasteiger partial charge >= 0.3 is 12.4 Å². The fraction of sp³-hybridized carbons (Fsp3) is 0.360. The molecular weight excluding hydrogens is 763 g/mol. The number of fused-ring (bicyclic) bond motifs is 4. The molecular formula is C50H48F6O3. The lowest BCUT2D eigenvalue weighted by atomic mass is 9.79. The number of ether oxygens (including phenoxy) is 3. The predicted octanol–water partition coefficient (Wildman–Crippen LogP) is 15.1. The molecule has 0 spiro atoms. The standard InChI is InChI=1S/C50H48F6O3/c1-31(34-10-17-43(18-11-34)57-46-23-16-39-28-37-6-4-5-7-38(37)29-42(39)30-46)24-41(36-14-19-44(20-15-36)58-47-27-33-8-9-40(47)26-33)25-32(2)35-12-21-45(22-13-35)59-48(3,49(51,52)53)50(54,55)56/h4-7,10-23,28-33,40-41,47H,8-9,24-27H2,1-3H3. The van der Waals surface area contributed by atoms with Crippen molar-refractivity contribution in [1.82, 2.24) is 0 Å². The fourth-order valence-electron chi connectivity index (χ4n) is 9.18. The third-order valence-electron chi connectivity index (χ3n) is 12.8. The highest BCUT2D eigenvalue weighted by Gasteiger charge is 2.70. The summed E-state index contributed by atoms with van der Waals surface area (Å²) in [5.41, 5.74) is -1.26. The Morgan fingerprint density at radius 3 is 1.59 bits per heavy atom. The van der Waals surface area contributed by atoms with Crippen LogP contribution in [0.15, 0.2) is 127 Å². The van der Waals surface area contributed by atoms with E-state index in [2.05, 4.69) is 84.5 Å². The van der Waals surface area contributed by atoms with Gasteiger partial charge in [-0.15, -0.1) is 0 Å². The number of halogens is 6. The maximum atomic E-state index is 13.5. The van der Waals surface area contributed by atoms with Gasteiger partial charge in [0.2, 0.25) is 0 Å². The molecule has 0 saturated heterocycles. The van der Waals surface area contributed by atoms with Gasteiger partial charge in [-0.1, -0.05) is 80.6 Å². The van der Waals surface area contributed by atoms with Gasteiger partial charge in [-0.3, -0.25) is 0 Å². The molecule has 6 atom stereocenters. The highest BCUT2D eigenvalue weighted by molar-refractivity contribution is 5.98. The number of rotatable bonds is 13. The molecule has 0 heterocycles. The third-order valence-corrected chi connectivity index (χ3v) is 12.8. The Morgan fingerprint density at radius 1 is 0.542 bits per heavy atom. The van der Waals surface area contributed by atoms with Gasteiger partial charge in [-0.25, -0.2) is 0 Å². The normalized spacial score (nSPS) is 19.8. The van der Waals surface area contributed by atoms with Gasteiger partial charge in [0.25, 0.3) is 5.60 Å². The second kappa shape index (κ2) is 16.1. The van der Waals surface area contributed by atoms with E-state index in [-0.39, 0.29) is 30.8 Å². The molecule has 9 heteroatoms. The molecule has 6 aromatic carbocycles. The summed E-state index contributed by atoms with van der Waals surface area (Å²) >= 11 is 0. The number of alkyl halides is 6. The summed E-state index contributed by atoms with van der Waals surface area (Å²) in [5, 5.41) is 4.62. The summed E-state index contributed by atoms with van der Waals surface area (Å²) in [6.45, 7) is 4.23. The third kappa shape index (κ3) is 8.76. The highest BCUT2D eigenvalue weighted by Crippen LogP contribution is 2.48. The van der Waals surface area contributed by atoms with Crippen LogP contribution in [0, 0.1) is 11.8 Å². The van der Waals surface area contributed by atoms with E-state index in [0.717, 1.165) is 63.5 Å². The first-order valence-corrected chi connectivity index (χ1v) is 20.5. The van der Waals surface area contributed by atoms with Crippen molar-refractivity contribution < 1.29 is 40.6 Å². The van der Waals surface area contributed by atoms with Crippen molar-refractivity contribution in [2.45, 2.75) is 101 Å². The first-order chi connectivity index (χ1) is 28.1. The Hall–Kier alpha value is -5.18. The van der Waals surface area contributed by atoms with Crippen LogP contribution in [0.3, 0.4) is 0 Å². The van der Waals surface area contributed by atoms with Crippen molar-refractivity contribution in [2.75, 3.05) is 0 Å². The second-order valence-electron chi connectivity index (χ2n) is 16.9. The van der Waals surface area contributed by atoms with Crippen molar-refractivity contribution in [3.8, 4) is 23.0 Å². The summed E-state index contributed by atoms with van der Waals surface area (Å²) in [5.74, 6) is 3.41. The van der Waals surface area contributed by atoms with Crippen molar-refractivity contribution in [1.29, 1.82) is 0 Å². The molecule has 0 N–H and O–H groups in total. The molecule has 8 rings (SSSR count). The SMILES string of the molecule is CC(CC(CC(C)c1ccc(OC(C)(C(F)(F)F)C(F)(F)F)cc1)c1ccc(OC2CC3CCC2C3)cc1)c1ccc(Oc2ccc3cc4ccccc4cc3c2)cc1. The van der Waals surface area contributed by atoms with Gasteiger partial charge in [0.15, 0.2) is 0 Å². The molecule has 0 amide bonds. The lowest BCUT2D eigenvalue weighted by Gasteiger charge is -2.34. The average Bonchev–Trinajstić information content (AvgIpc) is 3.84. The van der Waals surface area contributed by atoms with Gasteiger partial charge in [0.05, 0.1) is 0 Å².